The molecule has 0 radical (unpaired) electrons. The molecule has 0 saturated carbocycles. The Hall–Kier alpha value is -2.52. The molecule has 1 fully saturated rings. The van der Waals surface area contributed by atoms with E-state index in [9.17, 15) is 8.42 Å². The summed E-state index contributed by atoms with van der Waals surface area (Å²) in [6, 6.07) is 9.27. The Balaban J connectivity index is 1.53. The van der Waals surface area contributed by atoms with Crippen molar-refractivity contribution in [2.45, 2.75) is 32.1 Å². The summed E-state index contributed by atoms with van der Waals surface area (Å²) in [5.41, 5.74) is 2.63. The van der Waals surface area contributed by atoms with Crippen molar-refractivity contribution in [1.29, 1.82) is 0 Å². The molecule has 1 aliphatic heterocycles. The third-order valence-electron chi connectivity index (χ3n) is 5.03. The number of aryl methyl sites for hydroxylation is 3. The second-order valence-electron chi connectivity index (χ2n) is 7.15. The summed E-state index contributed by atoms with van der Waals surface area (Å²) in [6.07, 6.45) is 0.750. The van der Waals surface area contributed by atoms with Gasteiger partial charge in [0.1, 0.15) is 5.82 Å². The third-order valence-corrected chi connectivity index (χ3v) is 6.90. The van der Waals surface area contributed by atoms with E-state index in [0.717, 1.165) is 34.8 Å². The minimum atomic E-state index is -3.49. The smallest absolute Gasteiger partial charge is 0.243 e. The van der Waals surface area contributed by atoms with Crippen LogP contribution in [0.1, 0.15) is 23.9 Å². The number of hydrogen-bond donors (Lipinski definition) is 0. The van der Waals surface area contributed by atoms with Gasteiger partial charge in [-0.2, -0.15) is 8.82 Å². The maximum Gasteiger partial charge on any atom is 0.243 e. The summed E-state index contributed by atoms with van der Waals surface area (Å²) in [5, 5.41) is 12.9. The van der Waals surface area contributed by atoms with Crippen LogP contribution in [0.3, 0.4) is 0 Å². The first-order valence-electron chi connectivity index (χ1n) is 9.43. The first-order valence-corrected chi connectivity index (χ1v) is 10.9. The molecule has 3 heterocycles. The van der Waals surface area contributed by atoms with Crippen LogP contribution in [0.4, 0.5) is 5.82 Å². The van der Waals surface area contributed by atoms with Gasteiger partial charge in [-0.25, -0.2) is 8.42 Å². The molecular weight excluding hydrogens is 376 g/mol. The molecule has 0 spiro atoms. The van der Waals surface area contributed by atoms with E-state index in [2.05, 4.69) is 20.2 Å². The van der Waals surface area contributed by atoms with E-state index >= 15 is 0 Å². The van der Waals surface area contributed by atoms with Gasteiger partial charge in [-0.3, -0.25) is 0 Å². The Labute approximate surface area is 164 Å². The average molecular weight is 401 g/mol. The van der Waals surface area contributed by atoms with E-state index < -0.39 is 10.0 Å². The van der Waals surface area contributed by atoms with E-state index in [-0.39, 0.29) is 0 Å². The standard InChI is InChI=1S/C19H24N6O2S/c1-4-17-20-21-18-5-6-19(22-25(17)18)23-7-9-24(10-8-23)28(26,27)16-12-14(2)11-15(3)13-16/h5-6,11-13H,4,7-10H2,1-3H3. The lowest BCUT2D eigenvalue weighted by Gasteiger charge is -2.34. The molecule has 1 aromatic carbocycles. The quantitative estimate of drug-likeness (QED) is 0.664. The number of piperazine rings is 1. The van der Waals surface area contributed by atoms with Crippen molar-refractivity contribution in [2.75, 3.05) is 31.1 Å². The molecule has 28 heavy (non-hydrogen) atoms. The molecule has 2 aromatic heterocycles. The highest BCUT2D eigenvalue weighted by atomic mass is 32.2. The van der Waals surface area contributed by atoms with Crippen LogP contribution < -0.4 is 4.90 Å². The Morgan fingerprint density at radius 1 is 0.964 bits per heavy atom. The van der Waals surface area contributed by atoms with Gasteiger partial charge in [0.2, 0.25) is 10.0 Å². The highest BCUT2D eigenvalue weighted by molar-refractivity contribution is 7.89. The van der Waals surface area contributed by atoms with E-state index in [1.165, 1.54) is 0 Å². The number of hydrogen-bond acceptors (Lipinski definition) is 6. The van der Waals surface area contributed by atoms with E-state index in [1.807, 2.05) is 39.0 Å². The van der Waals surface area contributed by atoms with Gasteiger partial charge in [0, 0.05) is 32.6 Å². The van der Waals surface area contributed by atoms with E-state index in [1.54, 1.807) is 21.0 Å². The summed E-state index contributed by atoms with van der Waals surface area (Å²) in [7, 11) is -3.49. The van der Waals surface area contributed by atoms with E-state index in [4.69, 9.17) is 0 Å². The van der Waals surface area contributed by atoms with Crippen molar-refractivity contribution in [1.82, 2.24) is 24.1 Å². The first kappa shape index (κ1) is 18.8. The van der Waals surface area contributed by atoms with Crippen molar-refractivity contribution in [3.8, 4) is 0 Å². The fourth-order valence-electron chi connectivity index (χ4n) is 3.60. The number of sulfonamides is 1. The number of anilines is 1. The van der Waals surface area contributed by atoms with Crippen LogP contribution >= 0.6 is 0 Å². The highest BCUT2D eigenvalue weighted by Gasteiger charge is 2.29. The molecule has 1 aliphatic rings. The molecule has 9 heteroatoms. The van der Waals surface area contributed by atoms with Gasteiger partial charge >= 0.3 is 0 Å². The summed E-state index contributed by atoms with van der Waals surface area (Å²) in [5.74, 6) is 1.62. The van der Waals surface area contributed by atoms with Crippen LogP contribution in [0.25, 0.3) is 5.65 Å². The molecule has 0 aliphatic carbocycles. The second-order valence-corrected chi connectivity index (χ2v) is 9.08. The van der Waals surface area contributed by atoms with Crippen molar-refractivity contribution in [2.24, 2.45) is 0 Å². The van der Waals surface area contributed by atoms with Gasteiger partial charge in [-0.05, 0) is 49.2 Å². The van der Waals surface area contributed by atoms with Crippen molar-refractivity contribution in [3.63, 3.8) is 0 Å². The maximum atomic E-state index is 13.0. The fraction of sp³-hybridized carbons (Fsp3) is 0.421. The number of nitrogens with zero attached hydrogens (tertiary/aromatic N) is 6. The minimum Gasteiger partial charge on any atom is -0.353 e. The van der Waals surface area contributed by atoms with Gasteiger partial charge in [0.05, 0.1) is 4.90 Å². The maximum absolute atomic E-state index is 13.0. The number of aromatic nitrogens is 4. The molecule has 0 amide bonds. The van der Waals surface area contributed by atoms with E-state index in [0.29, 0.717) is 31.1 Å². The molecule has 0 bridgehead atoms. The second kappa shape index (κ2) is 7.14. The molecular formula is C19H24N6O2S. The predicted molar refractivity (Wildman–Crippen MR) is 107 cm³/mol. The lowest BCUT2D eigenvalue weighted by atomic mass is 10.2. The fourth-order valence-corrected chi connectivity index (χ4v) is 5.21. The summed E-state index contributed by atoms with van der Waals surface area (Å²) in [4.78, 5) is 2.47. The molecule has 4 rings (SSSR count). The largest absolute Gasteiger partial charge is 0.353 e. The number of fused-ring (bicyclic) bond motifs is 1. The zero-order chi connectivity index (χ0) is 19.9. The first-order chi connectivity index (χ1) is 13.4. The number of benzene rings is 1. The normalized spacial score (nSPS) is 16.0. The summed E-state index contributed by atoms with van der Waals surface area (Å²) < 4.78 is 29.4. The molecule has 1 saturated heterocycles. The number of rotatable bonds is 4. The summed E-state index contributed by atoms with van der Waals surface area (Å²) in [6.45, 7) is 7.89. The van der Waals surface area contributed by atoms with Crippen molar-refractivity contribution < 1.29 is 8.42 Å². The van der Waals surface area contributed by atoms with Crippen LogP contribution in [0.15, 0.2) is 35.2 Å². The molecule has 0 atom stereocenters. The Morgan fingerprint density at radius 3 is 2.29 bits per heavy atom. The van der Waals surface area contributed by atoms with Crippen LogP contribution in [0, 0.1) is 13.8 Å². The molecule has 8 nitrogen and oxygen atoms in total. The van der Waals surface area contributed by atoms with Crippen molar-refractivity contribution >= 4 is 21.5 Å². The van der Waals surface area contributed by atoms with Crippen LogP contribution in [-0.2, 0) is 16.4 Å². The predicted octanol–water partition coefficient (Wildman–Crippen LogP) is 1.81. The van der Waals surface area contributed by atoms with Gasteiger partial charge in [-0.1, -0.05) is 13.0 Å². The lowest BCUT2D eigenvalue weighted by Crippen LogP contribution is -2.49. The zero-order valence-electron chi connectivity index (χ0n) is 16.3. The topological polar surface area (TPSA) is 83.7 Å². The molecule has 0 N–H and O–H groups in total. The Kier molecular flexibility index (Phi) is 4.80. The molecule has 148 valence electrons. The van der Waals surface area contributed by atoms with Gasteiger partial charge in [0.15, 0.2) is 11.5 Å². The lowest BCUT2D eigenvalue weighted by molar-refractivity contribution is 0.383. The molecule has 3 aromatic rings. The van der Waals surface area contributed by atoms with Gasteiger partial charge < -0.3 is 4.90 Å². The Morgan fingerprint density at radius 2 is 1.64 bits per heavy atom. The molecule has 0 unspecified atom stereocenters. The minimum absolute atomic E-state index is 0.370. The van der Waals surface area contributed by atoms with Crippen molar-refractivity contribution in [3.05, 3.63) is 47.3 Å². The summed E-state index contributed by atoms with van der Waals surface area (Å²) >= 11 is 0. The highest BCUT2D eigenvalue weighted by Crippen LogP contribution is 2.22. The van der Waals surface area contributed by atoms with Crippen LogP contribution in [-0.4, -0.2) is 58.7 Å². The average Bonchev–Trinajstić information content (AvgIpc) is 3.09. The van der Waals surface area contributed by atoms with Crippen LogP contribution in [0.2, 0.25) is 0 Å². The zero-order valence-corrected chi connectivity index (χ0v) is 17.1. The Bertz CT molecular complexity index is 1100. The van der Waals surface area contributed by atoms with Gasteiger partial charge in [0.25, 0.3) is 0 Å². The third kappa shape index (κ3) is 3.35. The SMILES string of the molecule is CCc1nnc2ccc(N3CCN(S(=O)(=O)c4cc(C)cc(C)c4)CC3)nn12. The monoisotopic (exact) mass is 400 g/mol. The van der Waals surface area contributed by atoms with Crippen LogP contribution in [0.5, 0.6) is 0 Å². The van der Waals surface area contributed by atoms with Gasteiger partial charge in [-0.15, -0.1) is 15.3 Å².